The second kappa shape index (κ2) is 5.40. The van der Waals surface area contributed by atoms with Gasteiger partial charge in [0.1, 0.15) is 5.54 Å². The Labute approximate surface area is 125 Å². The number of fused-ring (bicyclic) bond motifs is 1. The van der Waals surface area contributed by atoms with E-state index < -0.39 is 5.54 Å². The normalized spacial score (nSPS) is 22.7. The number of anilines is 1. The molecular weight excluding hydrogens is 262 g/mol. The Balaban J connectivity index is 1.69. The standard InChI is InChI=1S/C17H21N3O/c1-13-10-14-6-2-3-7-15(14)20(13)11-16(21)19-17(12-18)8-4-5-9-17/h2-3,6-7,13H,4-5,8-11H2,1H3,(H,19,21)/t13-/m1/s1. The molecule has 0 radical (unpaired) electrons. The van der Waals surface area contributed by atoms with Gasteiger partial charge in [-0.1, -0.05) is 18.2 Å². The predicted molar refractivity (Wildman–Crippen MR) is 81.9 cm³/mol. The van der Waals surface area contributed by atoms with E-state index in [-0.39, 0.29) is 5.91 Å². The van der Waals surface area contributed by atoms with E-state index in [1.807, 2.05) is 12.1 Å². The number of rotatable bonds is 3. The number of carbonyl (C=O) groups is 1. The molecule has 0 bridgehead atoms. The van der Waals surface area contributed by atoms with Crippen molar-refractivity contribution in [3.8, 4) is 6.07 Å². The summed E-state index contributed by atoms with van der Waals surface area (Å²) in [6.45, 7) is 2.48. The van der Waals surface area contributed by atoms with Crippen molar-refractivity contribution in [2.24, 2.45) is 0 Å². The number of benzene rings is 1. The molecule has 1 aromatic carbocycles. The summed E-state index contributed by atoms with van der Waals surface area (Å²) in [6.07, 6.45) is 4.59. The highest BCUT2D eigenvalue weighted by Gasteiger charge is 2.36. The lowest BCUT2D eigenvalue weighted by Crippen LogP contribution is -2.49. The van der Waals surface area contributed by atoms with Crippen molar-refractivity contribution in [1.29, 1.82) is 5.26 Å². The topological polar surface area (TPSA) is 56.1 Å². The molecule has 110 valence electrons. The number of nitrogens with one attached hydrogen (secondary N) is 1. The fraction of sp³-hybridized carbons (Fsp3) is 0.529. The Morgan fingerprint density at radius 2 is 2.14 bits per heavy atom. The molecule has 1 aliphatic carbocycles. The summed E-state index contributed by atoms with van der Waals surface area (Å²) in [5.41, 5.74) is 1.82. The maximum atomic E-state index is 12.4. The maximum absolute atomic E-state index is 12.4. The zero-order valence-corrected chi connectivity index (χ0v) is 12.4. The largest absolute Gasteiger partial charge is 0.359 e. The third-order valence-corrected chi connectivity index (χ3v) is 4.71. The van der Waals surface area contributed by atoms with Crippen molar-refractivity contribution in [2.45, 2.75) is 50.6 Å². The van der Waals surface area contributed by atoms with Gasteiger partial charge in [0, 0.05) is 11.7 Å². The Bertz CT molecular complexity index is 584. The Morgan fingerprint density at radius 1 is 1.43 bits per heavy atom. The molecule has 2 aliphatic rings. The number of amides is 1. The molecule has 0 aromatic heterocycles. The van der Waals surface area contributed by atoms with Gasteiger partial charge in [-0.15, -0.1) is 0 Å². The SMILES string of the molecule is C[C@@H]1Cc2ccccc2N1CC(=O)NC1(C#N)CCCC1. The van der Waals surface area contributed by atoms with Gasteiger partial charge in [0.15, 0.2) is 0 Å². The number of nitrogens with zero attached hydrogens (tertiary/aromatic N) is 2. The second-order valence-electron chi connectivity index (χ2n) is 6.26. The minimum Gasteiger partial charge on any atom is -0.359 e. The summed E-state index contributed by atoms with van der Waals surface area (Å²) < 4.78 is 0. The lowest BCUT2D eigenvalue weighted by atomic mass is 10.00. The number of nitriles is 1. The van der Waals surface area contributed by atoms with E-state index in [1.165, 1.54) is 5.56 Å². The van der Waals surface area contributed by atoms with Crippen molar-refractivity contribution in [1.82, 2.24) is 5.32 Å². The van der Waals surface area contributed by atoms with Crippen LogP contribution in [0.25, 0.3) is 0 Å². The number of hydrogen-bond donors (Lipinski definition) is 1. The van der Waals surface area contributed by atoms with Crippen molar-refractivity contribution in [3.63, 3.8) is 0 Å². The second-order valence-corrected chi connectivity index (χ2v) is 6.26. The molecular formula is C17H21N3O. The van der Waals surface area contributed by atoms with Crippen LogP contribution in [0.4, 0.5) is 5.69 Å². The summed E-state index contributed by atoms with van der Waals surface area (Å²) in [4.78, 5) is 14.5. The zero-order chi connectivity index (χ0) is 14.9. The van der Waals surface area contributed by atoms with E-state index in [1.54, 1.807) is 0 Å². The van der Waals surface area contributed by atoms with Gasteiger partial charge in [0.05, 0.1) is 12.6 Å². The van der Waals surface area contributed by atoms with Crippen LogP contribution in [0.5, 0.6) is 0 Å². The molecule has 1 saturated carbocycles. The van der Waals surface area contributed by atoms with E-state index >= 15 is 0 Å². The third-order valence-electron chi connectivity index (χ3n) is 4.71. The van der Waals surface area contributed by atoms with Crippen LogP contribution in [0, 0.1) is 11.3 Å². The monoisotopic (exact) mass is 283 g/mol. The summed E-state index contributed by atoms with van der Waals surface area (Å²) >= 11 is 0. The number of hydrogen-bond acceptors (Lipinski definition) is 3. The average molecular weight is 283 g/mol. The summed E-state index contributed by atoms with van der Waals surface area (Å²) in [7, 11) is 0. The number of carbonyl (C=O) groups excluding carboxylic acids is 1. The quantitative estimate of drug-likeness (QED) is 0.926. The zero-order valence-electron chi connectivity index (χ0n) is 12.4. The van der Waals surface area contributed by atoms with Crippen LogP contribution in [0.15, 0.2) is 24.3 Å². The molecule has 0 unspecified atom stereocenters. The molecule has 1 N–H and O–H groups in total. The maximum Gasteiger partial charge on any atom is 0.240 e. The molecule has 1 fully saturated rings. The van der Waals surface area contributed by atoms with Crippen LogP contribution in [0.3, 0.4) is 0 Å². The summed E-state index contributed by atoms with van der Waals surface area (Å²) in [5, 5.41) is 12.3. The Hall–Kier alpha value is -2.02. The van der Waals surface area contributed by atoms with Crippen LogP contribution in [-0.4, -0.2) is 24.0 Å². The summed E-state index contributed by atoms with van der Waals surface area (Å²) in [6, 6.07) is 10.9. The lowest BCUT2D eigenvalue weighted by molar-refractivity contribution is -0.121. The molecule has 1 heterocycles. The molecule has 4 nitrogen and oxygen atoms in total. The van der Waals surface area contributed by atoms with Gasteiger partial charge in [-0.3, -0.25) is 4.79 Å². The van der Waals surface area contributed by atoms with E-state index in [2.05, 4.69) is 35.3 Å². The Kier molecular flexibility index (Phi) is 3.59. The van der Waals surface area contributed by atoms with Gasteiger partial charge < -0.3 is 10.2 Å². The van der Waals surface area contributed by atoms with Crippen LogP contribution >= 0.6 is 0 Å². The lowest BCUT2D eigenvalue weighted by Gasteiger charge is -2.27. The van der Waals surface area contributed by atoms with Gasteiger partial charge in [-0.2, -0.15) is 5.26 Å². The van der Waals surface area contributed by atoms with Gasteiger partial charge in [0.2, 0.25) is 5.91 Å². The van der Waals surface area contributed by atoms with Crippen molar-refractivity contribution >= 4 is 11.6 Å². The first-order valence-corrected chi connectivity index (χ1v) is 7.70. The minimum absolute atomic E-state index is 0.0398. The first-order chi connectivity index (χ1) is 10.1. The highest BCUT2D eigenvalue weighted by atomic mass is 16.2. The molecule has 1 aliphatic heterocycles. The van der Waals surface area contributed by atoms with Crippen LogP contribution in [0.2, 0.25) is 0 Å². The average Bonchev–Trinajstić information content (AvgIpc) is 3.05. The third kappa shape index (κ3) is 2.61. The fourth-order valence-corrected chi connectivity index (χ4v) is 3.57. The molecule has 0 spiro atoms. The van der Waals surface area contributed by atoms with E-state index in [4.69, 9.17) is 0 Å². The predicted octanol–water partition coefficient (Wildman–Crippen LogP) is 2.39. The van der Waals surface area contributed by atoms with Gasteiger partial charge in [-0.05, 0) is 50.7 Å². The molecule has 21 heavy (non-hydrogen) atoms. The Morgan fingerprint density at radius 3 is 2.86 bits per heavy atom. The summed E-state index contributed by atoms with van der Waals surface area (Å²) in [5.74, 6) is -0.0398. The molecule has 1 amide bonds. The van der Waals surface area contributed by atoms with Crippen LogP contribution in [-0.2, 0) is 11.2 Å². The van der Waals surface area contributed by atoms with Gasteiger partial charge in [-0.25, -0.2) is 0 Å². The molecule has 4 heteroatoms. The van der Waals surface area contributed by atoms with Crippen molar-refractivity contribution < 1.29 is 4.79 Å². The van der Waals surface area contributed by atoms with Gasteiger partial charge in [0.25, 0.3) is 0 Å². The van der Waals surface area contributed by atoms with Crippen LogP contribution in [0.1, 0.15) is 38.2 Å². The highest BCUT2D eigenvalue weighted by molar-refractivity contribution is 5.83. The molecule has 0 saturated heterocycles. The highest BCUT2D eigenvalue weighted by Crippen LogP contribution is 2.32. The fourth-order valence-electron chi connectivity index (χ4n) is 3.57. The van der Waals surface area contributed by atoms with E-state index in [9.17, 15) is 10.1 Å². The first-order valence-electron chi connectivity index (χ1n) is 7.70. The van der Waals surface area contributed by atoms with Crippen LogP contribution < -0.4 is 10.2 Å². The van der Waals surface area contributed by atoms with Crippen molar-refractivity contribution in [3.05, 3.63) is 29.8 Å². The van der Waals surface area contributed by atoms with E-state index in [0.717, 1.165) is 37.8 Å². The minimum atomic E-state index is -0.625. The van der Waals surface area contributed by atoms with E-state index in [0.29, 0.717) is 12.6 Å². The van der Waals surface area contributed by atoms with Crippen molar-refractivity contribution in [2.75, 3.05) is 11.4 Å². The first kappa shape index (κ1) is 13.9. The molecule has 1 aromatic rings. The molecule has 1 atom stereocenters. The smallest absolute Gasteiger partial charge is 0.240 e. The molecule has 3 rings (SSSR count). The number of para-hydroxylation sites is 1. The van der Waals surface area contributed by atoms with Gasteiger partial charge >= 0.3 is 0 Å².